The molecule has 35 heavy (non-hydrogen) atoms. The van der Waals surface area contributed by atoms with Crippen LogP contribution < -0.4 is 14.8 Å². The molecule has 0 radical (unpaired) electrons. The largest absolute Gasteiger partial charge is 0.497 e. The number of rotatable bonds is 8. The van der Waals surface area contributed by atoms with E-state index in [4.69, 9.17) is 18.9 Å². The third-order valence-electron chi connectivity index (χ3n) is 6.57. The van der Waals surface area contributed by atoms with Gasteiger partial charge in [-0.15, -0.1) is 0 Å². The first-order valence-corrected chi connectivity index (χ1v) is 11.6. The minimum absolute atomic E-state index is 0.00262. The molecule has 1 aliphatic carbocycles. The van der Waals surface area contributed by atoms with E-state index in [-0.39, 0.29) is 18.3 Å². The highest BCUT2D eigenvalue weighted by Gasteiger charge is 2.42. The fourth-order valence-electron chi connectivity index (χ4n) is 4.98. The van der Waals surface area contributed by atoms with E-state index in [9.17, 15) is 9.59 Å². The Morgan fingerprint density at radius 1 is 1.00 bits per heavy atom. The molecule has 7 heteroatoms. The third kappa shape index (κ3) is 4.95. The monoisotopic (exact) mass is 477 g/mol. The van der Waals surface area contributed by atoms with E-state index in [1.54, 1.807) is 21.3 Å². The third-order valence-corrected chi connectivity index (χ3v) is 6.57. The van der Waals surface area contributed by atoms with E-state index in [1.165, 1.54) is 0 Å². The van der Waals surface area contributed by atoms with Gasteiger partial charge in [-0.05, 0) is 42.7 Å². The standard InChI is InChI=1S/C28H31NO6/c1-17-25(28(31)35-13-12-32-2)26(18-8-7-9-20(14-18)33-3)27-22(29-17)15-19(16-23(27)30)21-10-5-6-11-24(21)34-4/h5-11,14,19,26,29H,12-13,15-16H2,1-4H3. The Labute approximate surface area is 205 Å². The molecular formula is C28H31NO6. The smallest absolute Gasteiger partial charge is 0.336 e. The molecule has 184 valence electrons. The Morgan fingerprint density at radius 3 is 2.54 bits per heavy atom. The van der Waals surface area contributed by atoms with Crippen molar-refractivity contribution < 1.29 is 28.5 Å². The number of dihydropyridines is 1. The van der Waals surface area contributed by atoms with Crippen molar-refractivity contribution in [2.24, 2.45) is 0 Å². The van der Waals surface area contributed by atoms with Crippen LogP contribution in [0.3, 0.4) is 0 Å². The van der Waals surface area contributed by atoms with Gasteiger partial charge < -0.3 is 24.3 Å². The molecule has 2 unspecified atom stereocenters. The first-order valence-electron chi connectivity index (χ1n) is 11.6. The van der Waals surface area contributed by atoms with E-state index < -0.39 is 11.9 Å². The second-order valence-electron chi connectivity index (χ2n) is 8.66. The molecule has 0 saturated carbocycles. The Balaban J connectivity index is 1.77. The Kier molecular flexibility index (Phi) is 7.56. The van der Waals surface area contributed by atoms with Crippen molar-refractivity contribution in [1.29, 1.82) is 0 Å². The van der Waals surface area contributed by atoms with Crippen molar-refractivity contribution >= 4 is 11.8 Å². The summed E-state index contributed by atoms with van der Waals surface area (Å²) in [6.45, 7) is 2.27. The van der Waals surface area contributed by atoms with Gasteiger partial charge in [-0.25, -0.2) is 4.79 Å². The number of methoxy groups -OCH3 is 3. The Morgan fingerprint density at radius 2 is 1.80 bits per heavy atom. The normalized spacial score (nSPS) is 19.7. The quantitative estimate of drug-likeness (QED) is 0.449. The van der Waals surface area contributed by atoms with Gasteiger partial charge in [0.1, 0.15) is 18.1 Å². The maximum Gasteiger partial charge on any atom is 0.336 e. The molecule has 0 aromatic heterocycles. The molecule has 0 amide bonds. The van der Waals surface area contributed by atoms with Crippen molar-refractivity contribution in [2.75, 3.05) is 34.5 Å². The molecule has 2 aromatic carbocycles. The van der Waals surface area contributed by atoms with E-state index in [2.05, 4.69) is 5.32 Å². The number of benzene rings is 2. The Bertz CT molecular complexity index is 1180. The van der Waals surface area contributed by atoms with Gasteiger partial charge >= 0.3 is 5.97 Å². The molecule has 1 aliphatic heterocycles. The van der Waals surface area contributed by atoms with E-state index in [1.807, 2.05) is 55.5 Å². The minimum Gasteiger partial charge on any atom is -0.497 e. The number of para-hydroxylation sites is 1. The highest BCUT2D eigenvalue weighted by Crippen LogP contribution is 2.47. The van der Waals surface area contributed by atoms with Gasteiger partial charge in [0, 0.05) is 42.3 Å². The summed E-state index contributed by atoms with van der Waals surface area (Å²) in [4.78, 5) is 26.9. The number of hydrogen-bond acceptors (Lipinski definition) is 7. The van der Waals surface area contributed by atoms with Crippen molar-refractivity contribution in [1.82, 2.24) is 5.32 Å². The number of nitrogens with one attached hydrogen (secondary N) is 1. The second-order valence-corrected chi connectivity index (χ2v) is 8.66. The zero-order valence-electron chi connectivity index (χ0n) is 20.6. The lowest BCUT2D eigenvalue weighted by molar-refractivity contribution is -0.140. The SMILES string of the molecule is COCCOC(=O)C1=C(C)NC2=C(C(=O)CC(c3ccccc3OC)C2)C1c1cccc(OC)c1. The van der Waals surface area contributed by atoms with Crippen LogP contribution in [0, 0.1) is 0 Å². The van der Waals surface area contributed by atoms with Crippen molar-refractivity contribution in [2.45, 2.75) is 31.6 Å². The van der Waals surface area contributed by atoms with Crippen molar-refractivity contribution in [3.05, 3.63) is 82.2 Å². The summed E-state index contributed by atoms with van der Waals surface area (Å²) >= 11 is 0. The summed E-state index contributed by atoms with van der Waals surface area (Å²) in [6, 6.07) is 15.3. The van der Waals surface area contributed by atoms with Crippen LogP contribution in [0.15, 0.2) is 71.1 Å². The van der Waals surface area contributed by atoms with E-state index in [0.717, 1.165) is 22.6 Å². The maximum atomic E-state index is 13.7. The van der Waals surface area contributed by atoms with E-state index in [0.29, 0.717) is 42.0 Å². The molecule has 0 bridgehead atoms. The lowest BCUT2D eigenvalue weighted by Gasteiger charge is -2.37. The summed E-state index contributed by atoms with van der Waals surface area (Å²) in [5.74, 6) is 0.372. The molecule has 0 spiro atoms. The number of esters is 1. The molecule has 2 aliphatic rings. The van der Waals surface area contributed by atoms with E-state index >= 15 is 0 Å². The number of allylic oxidation sites excluding steroid dienone is 3. The van der Waals surface area contributed by atoms with Gasteiger partial charge in [0.25, 0.3) is 0 Å². The van der Waals surface area contributed by atoms with Crippen LogP contribution in [-0.2, 0) is 19.1 Å². The molecular weight excluding hydrogens is 446 g/mol. The summed E-state index contributed by atoms with van der Waals surface area (Å²) in [5, 5.41) is 3.37. The molecule has 4 rings (SSSR count). The first kappa shape index (κ1) is 24.5. The number of Topliss-reactive ketones (excluding diaryl/α,β-unsaturated/α-hetero) is 1. The fourth-order valence-corrected chi connectivity index (χ4v) is 4.98. The van der Waals surface area contributed by atoms with Gasteiger partial charge in [-0.3, -0.25) is 4.79 Å². The molecule has 0 fully saturated rings. The fraction of sp³-hybridized carbons (Fsp3) is 0.357. The summed E-state index contributed by atoms with van der Waals surface area (Å²) < 4.78 is 21.5. The van der Waals surface area contributed by atoms with Gasteiger partial charge in [0.15, 0.2) is 5.78 Å². The first-order chi connectivity index (χ1) is 17.0. The zero-order valence-corrected chi connectivity index (χ0v) is 20.6. The minimum atomic E-state index is -0.553. The van der Waals surface area contributed by atoms with Crippen LogP contribution in [0.1, 0.15) is 42.7 Å². The highest BCUT2D eigenvalue weighted by atomic mass is 16.6. The second kappa shape index (κ2) is 10.8. The average molecular weight is 478 g/mol. The van der Waals surface area contributed by atoms with Crippen molar-refractivity contribution in [3.8, 4) is 11.5 Å². The lowest BCUT2D eigenvalue weighted by atomic mass is 9.71. The maximum absolute atomic E-state index is 13.7. The predicted molar refractivity (Wildman–Crippen MR) is 131 cm³/mol. The molecule has 2 atom stereocenters. The number of carbonyl (C=O) groups excluding carboxylic acids is 2. The molecule has 1 N–H and O–H groups in total. The number of carbonyl (C=O) groups is 2. The van der Waals surface area contributed by atoms with Crippen LogP contribution in [0.25, 0.3) is 0 Å². The number of ether oxygens (including phenoxy) is 4. The van der Waals surface area contributed by atoms with Crippen LogP contribution in [0.4, 0.5) is 0 Å². The summed E-state index contributed by atoms with van der Waals surface area (Å²) in [6.07, 6.45) is 0.956. The molecule has 0 saturated heterocycles. The summed E-state index contributed by atoms with van der Waals surface area (Å²) in [5.41, 5.74) is 4.34. The molecule has 7 nitrogen and oxygen atoms in total. The topological polar surface area (TPSA) is 83.1 Å². The zero-order chi connectivity index (χ0) is 24.9. The molecule has 1 heterocycles. The predicted octanol–water partition coefficient (Wildman–Crippen LogP) is 4.26. The van der Waals surface area contributed by atoms with Crippen LogP contribution in [0.2, 0.25) is 0 Å². The van der Waals surface area contributed by atoms with Crippen LogP contribution >= 0.6 is 0 Å². The number of ketones is 1. The van der Waals surface area contributed by atoms with Gasteiger partial charge in [0.2, 0.25) is 0 Å². The molecule has 2 aromatic rings. The lowest BCUT2D eigenvalue weighted by Crippen LogP contribution is -2.36. The van der Waals surface area contributed by atoms with Crippen LogP contribution in [0.5, 0.6) is 11.5 Å². The number of hydrogen-bond donors (Lipinski definition) is 1. The average Bonchev–Trinajstić information content (AvgIpc) is 2.87. The van der Waals surface area contributed by atoms with Crippen LogP contribution in [-0.4, -0.2) is 46.3 Å². The van der Waals surface area contributed by atoms with Crippen molar-refractivity contribution in [3.63, 3.8) is 0 Å². The summed E-state index contributed by atoms with van der Waals surface area (Å²) in [7, 11) is 4.78. The van der Waals surface area contributed by atoms with Gasteiger partial charge in [-0.1, -0.05) is 30.3 Å². The highest BCUT2D eigenvalue weighted by molar-refractivity contribution is 6.04. The Hall–Kier alpha value is -3.58. The van der Waals surface area contributed by atoms with Gasteiger partial charge in [-0.2, -0.15) is 0 Å². The van der Waals surface area contributed by atoms with Gasteiger partial charge in [0.05, 0.1) is 26.4 Å².